The molecule has 0 radical (unpaired) electrons. The minimum Gasteiger partial charge on any atom is -0.456 e. The van der Waals surface area contributed by atoms with Crippen LogP contribution in [0.5, 0.6) is 0 Å². The molecule has 7 atom stereocenters. The van der Waals surface area contributed by atoms with Gasteiger partial charge < -0.3 is 14.8 Å². The van der Waals surface area contributed by atoms with Gasteiger partial charge in [-0.3, -0.25) is 4.79 Å². The fourth-order valence-corrected chi connectivity index (χ4v) is 6.75. The number of hydrogen-bond donors (Lipinski definition) is 1. The number of benzene rings is 1. The van der Waals surface area contributed by atoms with Crippen molar-refractivity contribution < 1.29 is 19.1 Å². The Morgan fingerprint density at radius 2 is 1.94 bits per heavy atom. The first-order valence-electron chi connectivity index (χ1n) is 12.6. The molecule has 1 amide bonds. The first-order valence-corrected chi connectivity index (χ1v) is 12.6. The molecule has 2 aliphatic heterocycles. The summed E-state index contributed by atoms with van der Waals surface area (Å²) in [6, 6.07) is 9.82. The van der Waals surface area contributed by atoms with Crippen LogP contribution in [0.1, 0.15) is 72.8 Å². The first kappa shape index (κ1) is 24.0. The van der Waals surface area contributed by atoms with Crippen molar-refractivity contribution in [2.75, 3.05) is 0 Å². The molecule has 1 saturated carbocycles. The van der Waals surface area contributed by atoms with Crippen LogP contribution in [0.15, 0.2) is 36.4 Å². The zero-order chi connectivity index (χ0) is 24.0. The Morgan fingerprint density at radius 3 is 2.58 bits per heavy atom. The number of fused-ring (bicyclic) bond motifs is 4. The molecule has 3 aliphatic rings. The summed E-state index contributed by atoms with van der Waals surface area (Å²) in [6.45, 7) is 12.6. The molecule has 1 aromatic carbocycles. The molecule has 0 unspecified atom stereocenters. The number of amides is 1. The number of allylic oxidation sites excluding steroid dienone is 1. The largest absolute Gasteiger partial charge is 0.456 e. The van der Waals surface area contributed by atoms with E-state index in [2.05, 4.69) is 33.0 Å². The lowest BCUT2D eigenvalue weighted by molar-refractivity contribution is -0.259. The maximum Gasteiger partial charge on any atom is 0.331 e. The zero-order valence-electron chi connectivity index (χ0n) is 20.9. The van der Waals surface area contributed by atoms with Crippen LogP contribution in [0.25, 0.3) is 5.57 Å². The van der Waals surface area contributed by atoms with Crippen LogP contribution in [0, 0.1) is 23.7 Å². The monoisotopic (exact) mass is 453 g/mol. The Balaban J connectivity index is 1.68. The van der Waals surface area contributed by atoms with Crippen molar-refractivity contribution in [3.05, 3.63) is 42.0 Å². The van der Waals surface area contributed by atoms with Crippen LogP contribution >= 0.6 is 0 Å². The third-order valence-electron chi connectivity index (χ3n) is 8.69. The number of hydrogen-bond acceptors (Lipinski definition) is 4. The van der Waals surface area contributed by atoms with Crippen LogP contribution in [-0.2, 0) is 19.1 Å². The van der Waals surface area contributed by atoms with Gasteiger partial charge in [0, 0.05) is 24.8 Å². The molecule has 0 aromatic heterocycles. The van der Waals surface area contributed by atoms with E-state index in [0.29, 0.717) is 18.8 Å². The number of esters is 1. The summed E-state index contributed by atoms with van der Waals surface area (Å²) in [7, 11) is 0. The van der Waals surface area contributed by atoms with Gasteiger partial charge >= 0.3 is 5.97 Å². The molecule has 1 aliphatic carbocycles. The first-order chi connectivity index (χ1) is 15.6. The average Bonchev–Trinajstić information content (AvgIpc) is 3.30. The predicted octanol–water partition coefficient (Wildman–Crippen LogP) is 5.15. The molecule has 33 heavy (non-hydrogen) atoms. The average molecular weight is 454 g/mol. The van der Waals surface area contributed by atoms with Crippen LogP contribution in [0.3, 0.4) is 0 Å². The van der Waals surface area contributed by atoms with Crippen molar-refractivity contribution in [1.29, 1.82) is 0 Å². The molecular formula is C28H39NO4. The Kier molecular flexibility index (Phi) is 6.47. The van der Waals surface area contributed by atoms with E-state index >= 15 is 0 Å². The second kappa shape index (κ2) is 8.90. The lowest BCUT2D eigenvalue weighted by atomic mass is 9.69. The highest BCUT2D eigenvalue weighted by Crippen LogP contribution is 2.62. The van der Waals surface area contributed by atoms with Crippen LogP contribution in [-0.4, -0.2) is 35.2 Å². The SMILES string of the molecule is CCC(=O)N[C@@H]1C[C@]2(C(C)C)O[C@@]1(C)[C@@H]1CC[C@@H](C)[C@H]1[C@@H]2OC(=O)/C=C(\C)c1ccccc1. The van der Waals surface area contributed by atoms with Gasteiger partial charge in [0.05, 0.1) is 11.6 Å². The summed E-state index contributed by atoms with van der Waals surface area (Å²) in [5.41, 5.74) is 0.847. The van der Waals surface area contributed by atoms with Crippen molar-refractivity contribution in [3.63, 3.8) is 0 Å². The minimum absolute atomic E-state index is 0.0499. The summed E-state index contributed by atoms with van der Waals surface area (Å²) < 4.78 is 13.3. The number of nitrogens with one attached hydrogen (secondary N) is 1. The van der Waals surface area contributed by atoms with Gasteiger partial charge in [-0.25, -0.2) is 4.79 Å². The predicted molar refractivity (Wildman–Crippen MR) is 129 cm³/mol. The number of rotatable bonds is 6. The van der Waals surface area contributed by atoms with E-state index in [1.54, 1.807) is 6.08 Å². The molecule has 5 nitrogen and oxygen atoms in total. The maximum absolute atomic E-state index is 13.2. The molecular weight excluding hydrogens is 414 g/mol. The molecule has 4 rings (SSSR count). The summed E-state index contributed by atoms with van der Waals surface area (Å²) >= 11 is 0. The molecule has 1 aromatic rings. The van der Waals surface area contributed by atoms with E-state index in [1.165, 1.54) is 0 Å². The zero-order valence-corrected chi connectivity index (χ0v) is 20.9. The fourth-order valence-electron chi connectivity index (χ4n) is 6.75. The number of ether oxygens (including phenoxy) is 2. The maximum atomic E-state index is 13.2. The van der Waals surface area contributed by atoms with Crippen molar-refractivity contribution in [1.82, 2.24) is 5.32 Å². The number of carbonyl (C=O) groups is 2. The van der Waals surface area contributed by atoms with E-state index in [4.69, 9.17) is 9.47 Å². The minimum atomic E-state index is -0.607. The Bertz CT molecular complexity index is 925. The van der Waals surface area contributed by atoms with Gasteiger partial charge in [-0.05, 0) is 55.6 Å². The highest BCUT2D eigenvalue weighted by atomic mass is 16.6. The lowest BCUT2D eigenvalue weighted by Gasteiger charge is -2.53. The van der Waals surface area contributed by atoms with Crippen molar-refractivity contribution in [3.8, 4) is 0 Å². The van der Waals surface area contributed by atoms with Crippen LogP contribution in [0.4, 0.5) is 0 Å². The summed E-state index contributed by atoms with van der Waals surface area (Å²) in [5.74, 6) is 0.798. The highest BCUT2D eigenvalue weighted by Gasteiger charge is 2.71. The highest BCUT2D eigenvalue weighted by molar-refractivity contribution is 5.91. The van der Waals surface area contributed by atoms with Crippen molar-refractivity contribution in [2.24, 2.45) is 23.7 Å². The van der Waals surface area contributed by atoms with E-state index in [9.17, 15) is 9.59 Å². The van der Waals surface area contributed by atoms with Crippen LogP contribution in [0.2, 0.25) is 0 Å². The third kappa shape index (κ3) is 4.03. The summed E-state index contributed by atoms with van der Waals surface area (Å²) in [6.07, 6.45) is 4.52. The summed E-state index contributed by atoms with van der Waals surface area (Å²) in [5, 5.41) is 3.26. The lowest BCUT2D eigenvalue weighted by Crippen LogP contribution is -2.63. The van der Waals surface area contributed by atoms with Gasteiger partial charge in [0.25, 0.3) is 0 Å². The van der Waals surface area contributed by atoms with Gasteiger partial charge in [-0.2, -0.15) is 0 Å². The second-order valence-corrected chi connectivity index (χ2v) is 10.9. The summed E-state index contributed by atoms with van der Waals surface area (Å²) in [4.78, 5) is 25.6. The topological polar surface area (TPSA) is 64.6 Å². The molecule has 1 N–H and O–H groups in total. The van der Waals surface area contributed by atoms with Crippen LogP contribution < -0.4 is 5.32 Å². The molecule has 2 bridgehead atoms. The molecule has 2 saturated heterocycles. The standard InChI is InChI=1S/C28H39NO4/c1-7-23(30)29-22-16-28(17(2)3)26(25-18(4)13-14-21(25)27(22,6)33-28)32-24(31)15-19(5)20-11-9-8-10-12-20/h8-12,15,17-18,21-22,25-26H,7,13-14,16H2,1-6H3,(H,29,30)/b19-15+/t18-,21-,22-,25-,26+,27+,28-/m1/s1. The Labute approximate surface area is 198 Å². The van der Waals surface area contributed by atoms with Gasteiger partial charge in [0.2, 0.25) is 5.91 Å². The molecule has 2 heterocycles. The quantitative estimate of drug-likeness (QED) is 0.478. The normalized spacial score (nSPS) is 37.7. The molecule has 5 heteroatoms. The molecule has 0 spiro atoms. The molecule has 3 fully saturated rings. The van der Waals surface area contributed by atoms with Crippen molar-refractivity contribution >= 4 is 17.4 Å². The number of carbonyl (C=O) groups excluding carboxylic acids is 2. The van der Waals surface area contributed by atoms with E-state index in [-0.39, 0.29) is 41.8 Å². The van der Waals surface area contributed by atoms with Gasteiger partial charge in [-0.15, -0.1) is 0 Å². The second-order valence-electron chi connectivity index (χ2n) is 10.9. The van der Waals surface area contributed by atoms with E-state index in [1.807, 2.05) is 44.2 Å². The Morgan fingerprint density at radius 1 is 1.24 bits per heavy atom. The van der Waals surface area contributed by atoms with Gasteiger partial charge in [0.15, 0.2) is 0 Å². The Hall–Kier alpha value is -2.14. The van der Waals surface area contributed by atoms with E-state index < -0.39 is 11.2 Å². The van der Waals surface area contributed by atoms with Crippen molar-refractivity contribution in [2.45, 2.75) is 90.6 Å². The third-order valence-corrected chi connectivity index (χ3v) is 8.69. The molecule has 180 valence electrons. The fraction of sp³-hybridized carbons (Fsp3) is 0.643. The van der Waals surface area contributed by atoms with E-state index in [0.717, 1.165) is 24.0 Å². The van der Waals surface area contributed by atoms with Gasteiger partial charge in [0.1, 0.15) is 11.7 Å². The van der Waals surface area contributed by atoms with Gasteiger partial charge in [-0.1, -0.05) is 58.0 Å². The smallest absolute Gasteiger partial charge is 0.331 e.